The summed E-state index contributed by atoms with van der Waals surface area (Å²) in [5.41, 5.74) is 1.90. The van der Waals surface area contributed by atoms with Crippen molar-refractivity contribution in [3.8, 4) is 0 Å². The van der Waals surface area contributed by atoms with E-state index in [0.717, 1.165) is 23.0 Å². The maximum atomic E-state index is 12.7. The summed E-state index contributed by atoms with van der Waals surface area (Å²) >= 11 is 0. The predicted molar refractivity (Wildman–Crippen MR) is 106 cm³/mol. The fourth-order valence-corrected chi connectivity index (χ4v) is 5.08. The predicted octanol–water partition coefficient (Wildman–Crippen LogP) is 1.68. The normalized spacial score (nSPS) is 16.2. The zero-order valence-electron chi connectivity index (χ0n) is 16.1. The van der Waals surface area contributed by atoms with Gasteiger partial charge < -0.3 is 9.88 Å². The fraction of sp³-hybridized carbons (Fsp3) is 0.400. The average molecular weight is 404 g/mol. The number of rotatable bonds is 7. The van der Waals surface area contributed by atoms with E-state index in [4.69, 9.17) is 0 Å². The minimum absolute atomic E-state index is 0.00909. The first-order valence-corrected chi connectivity index (χ1v) is 10.9. The molecule has 1 aromatic heterocycles. The van der Waals surface area contributed by atoms with Gasteiger partial charge in [0.25, 0.3) is 5.56 Å². The largest absolute Gasteiger partial charge is 0.348 e. The van der Waals surface area contributed by atoms with Gasteiger partial charge in [-0.3, -0.25) is 9.59 Å². The van der Waals surface area contributed by atoms with Gasteiger partial charge in [0.2, 0.25) is 15.9 Å². The van der Waals surface area contributed by atoms with Gasteiger partial charge >= 0.3 is 0 Å². The van der Waals surface area contributed by atoms with Crippen LogP contribution < -0.4 is 10.9 Å². The highest BCUT2D eigenvalue weighted by Gasteiger charge is 2.25. The van der Waals surface area contributed by atoms with Crippen LogP contribution in [-0.2, 0) is 27.8 Å². The molecule has 0 aliphatic heterocycles. The van der Waals surface area contributed by atoms with Crippen molar-refractivity contribution in [2.45, 2.75) is 44.2 Å². The minimum Gasteiger partial charge on any atom is -0.348 e. The second-order valence-electron chi connectivity index (χ2n) is 6.78. The van der Waals surface area contributed by atoms with E-state index in [2.05, 4.69) is 5.32 Å². The molecule has 0 bridgehead atoms. The minimum atomic E-state index is -3.70. The van der Waals surface area contributed by atoms with Crippen molar-refractivity contribution in [3.63, 3.8) is 0 Å². The zero-order chi connectivity index (χ0) is 20.3. The summed E-state index contributed by atoms with van der Waals surface area (Å²) in [4.78, 5) is 24.7. The highest BCUT2D eigenvalue weighted by molar-refractivity contribution is 7.89. The maximum Gasteiger partial charge on any atom is 0.251 e. The third-order valence-corrected chi connectivity index (χ3v) is 7.11. The molecule has 1 heterocycles. The monoisotopic (exact) mass is 403 g/mol. The number of hydrogen-bond donors (Lipinski definition) is 1. The van der Waals surface area contributed by atoms with E-state index < -0.39 is 15.6 Å². The molecule has 3 rings (SSSR count). The lowest BCUT2D eigenvalue weighted by atomic mass is 10.1. The highest BCUT2D eigenvalue weighted by atomic mass is 32.2. The number of hydrogen-bond acceptors (Lipinski definition) is 4. The molecule has 7 nitrogen and oxygen atoms in total. The molecular formula is C20H25N3O4S. The van der Waals surface area contributed by atoms with Crippen LogP contribution in [0.4, 0.5) is 0 Å². The number of amides is 1. The Bertz CT molecular complexity index is 1030. The first-order chi connectivity index (χ1) is 13.4. The molecule has 1 N–H and O–H groups in total. The van der Waals surface area contributed by atoms with Gasteiger partial charge in [-0.15, -0.1) is 0 Å². The van der Waals surface area contributed by atoms with E-state index in [9.17, 15) is 18.0 Å². The van der Waals surface area contributed by atoms with Crippen LogP contribution in [0.1, 0.15) is 37.4 Å². The molecule has 1 amide bonds. The molecule has 1 atom stereocenters. The van der Waals surface area contributed by atoms with Crippen molar-refractivity contribution in [2.75, 3.05) is 13.1 Å². The molecule has 150 valence electrons. The van der Waals surface area contributed by atoms with Crippen LogP contribution in [0.2, 0.25) is 0 Å². The molecular weight excluding hydrogens is 378 g/mol. The van der Waals surface area contributed by atoms with Crippen LogP contribution in [0.25, 0.3) is 0 Å². The third-order valence-electron chi connectivity index (χ3n) is 5.08. The van der Waals surface area contributed by atoms with E-state index in [-0.39, 0.29) is 23.4 Å². The molecule has 0 spiro atoms. The molecule has 1 aromatic carbocycles. The van der Waals surface area contributed by atoms with Crippen molar-refractivity contribution < 1.29 is 13.2 Å². The Morgan fingerprint density at radius 2 is 1.89 bits per heavy atom. The Labute approximate surface area is 165 Å². The molecule has 1 unspecified atom stereocenters. The van der Waals surface area contributed by atoms with Crippen LogP contribution in [0.15, 0.2) is 52.3 Å². The lowest BCUT2D eigenvalue weighted by molar-refractivity contribution is -0.122. The highest BCUT2D eigenvalue weighted by Crippen LogP contribution is 2.30. The van der Waals surface area contributed by atoms with E-state index in [1.54, 1.807) is 13.8 Å². The summed E-state index contributed by atoms with van der Waals surface area (Å²) in [6.07, 6.45) is 2.97. The second-order valence-corrected chi connectivity index (χ2v) is 8.72. The first kappa shape index (κ1) is 20.3. The van der Waals surface area contributed by atoms with E-state index in [0.29, 0.717) is 13.1 Å². The summed E-state index contributed by atoms with van der Waals surface area (Å²) in [6, 6.07) is 10.4. The molecule has 28 heavy (non-hydrogen) atoms. The number of benzene rings is 1. The SMILES string of the molecule is CCN(CC)S(=O)(=O)c1ccc(=O)n(CC(=O)NC2CCc3ccccc32)c1. The van der Waals surface area contributed by atoms with Crippen molar-refractivity contribution >= 4 is 15.9 Å². The van der Waals surface area contributed by atoms with Crippen LogP contribution in [0.5, 0.6) is 0 Å². The molecule has 8 heteroatoms. The summed E-state index contributed by atoms with van der Waals surface area (Å²) in [7, 11) is -3.70. The number of aryl methyl sites for hydroxylation is 1. The maximum absolute atomic E-state index is 12.7. The van der Waals surface area contributed by atoms with Crippen molar-refractivity contribution in [3.05, 3.63) is 64.1 Å². The number of nitrogens with zero attached hydrogens (tertiary/aromatic N) is 2. The Morgan fingerprint density at radius 1 is 1.18 bits per heavy atom. The lowest BCUT2D eigenvalue weighted by Crippen LogP contribution is -2.35. The molecule has 0 fully saturated rings. The van der Waals surface area contributed by atoms with Crippen LogP contribution in [0, 0.1) is 0 Å². The lowest BCUT2D eigenvalue weighted by Gasteiger charge is -2.19. The Morgan fingerprint density at radius 3 is 2.61 bits per heavy atom. The number of nitrogens with one attached hydrogen (secondary N) is 1. The molecule has 1 aliphatic carbocycles. The number of sulfonamides is 1. The summed E-state index contributed by atoms with van der Waals surface area (Å²) in [5, 5.41) is 2.96. The van der Waals surface area contributed by atoms with Crippen molar-refractivity contribution in [1.29, 1.82) is 0 Å². The second kappa shape index (κ2) is 8.28. The van der Waals surface area contributed by atoms with Crippen LogP contribution in [0.3, 0.4) is 0 Å². The first-order valence-electron chi connectivity index (χ1n) is 9.44. The number of carbonyl (C=O) groups is 1. The summed E-state index contributed by atoms with van der Waals surface area (Å²) < 4.78 is 27.8. The quantitative estimate of drug-likeness (QED) is 0.762. The Kier molecular flexibility index (Phi) is 6.00. The van der Waals surface area contributed by atoms with Gasteiger partial charge in [-0.25, -0.2) is 8.42 Å². The number of pyridine rings is 1. The standard InChI is InChI=1S/C20H25N3O4S/c1-3-23(4-2)28(26,27)16-10-12-20(25)22(13-16)14-19(24)21-18-11-9-15-7-5-6-8-17(15)18/h5-8,10,12-13,18H,3-4,9,11,14H2,1-2H3,(H,21,24). The smallest absolute Gasteiger partial charge is 0.251 e. The Hall–Kier alpha value is -2.45. The van der Waals surface area contributed by atoms with Gasteiger partial charge in [0.1, 0.15) is 6.54 Å². The number of aromatic nitrogens is 1. The molecule has 0 saturated carbocycles. The summed E-state index contributed by atoms with van der Waals surface area (Å²) in [5.74, 6) is -0.318. The number of fused-ring (bicyclic) bond motifs is 1. The van der Waals surface area contributed by atoms with Crippen molar-refractivity contribution in [1.82, 2.24) is 14.2 Å². The topological polar surface area (TPSA) is 88.5 Å². The van der Waals surface area contributed by atoms with Gasteiger partial charge in [0.05, 0.1) is 10.9 Å². The van der Waals surface area contributed by atoms with E-state index in [1.807, 2.05) is 24.3 Å². The third kappa shape index (κ3) is 4.02. The van der Waals surface area contributed by atoms with E-state index in [1.165, 1.54) is 28.2 Å². The van der Waals surface area contributed by atoms with E-state index >= 15 is 0 Å². The molecule has 0 radical (unpaired) electrons. The van der Waals surface area contributed by atoms with Crippen LogP contribution >= 0.6 is 0 Å². The van der Waals surface area contributed by atoms with Gasteiger partial charge in [-0.2, -0.15) is 4.31 Å². The fourth-order valence-electron chi connectivity index (χ4n) is 3.60. The van der Waals surface area contributed by atoms with Gasteiger partial charge in [-0.05, 0) is 30.0 Å². The van der Waals surface area contributed by atoms with Gasteiger partial charge in [0.15, 0.2) is 0 Å². The van der Waals surface area contributed by atoms with Gasteiger partial charge in [-0.1, -0.05) is 38.1 Å². The van der Waals surface area contributed by atoms with Gasteiger partial charge in [0, 0.05) is 25.4 Å². The molecule has 0 saturated heterocycles. The summed E-state index contributed by atoms with van der Waals surface area (Å²) in [6.45, 7) is 3.95. The Balaban J connectivity index is 1.78. The van der Waals surface area contributed by atoms with Crippen molar-refractivity contribution in [2.24, 2.45) is 0 Å². The molecule has 1 aliphatic rings. The molecule has 2 aromatic rings. The average Bonchev–Trinajstić information content (AvgIpc) is 3.07. The van der Waals surface area contributed by atoms with Crippen LogP contribution in [-0.4, -0.2) is 36.3 Å². The zero-order valence-corrected chi connectivity index (χ0v) is 16.9. The number of carbonyl (C=O) groups excluding carboxylic acids is 1.